The number of ether oxygens (including phenoxy) is 1. The number of hydrogen-bond acceptors (Lipinski definition) is 2. The van der Waals surface area contributed by atoms with Crippen molar-refractivity contribution in [3.8, 4) is 0 Å². The molecule has 0 N–H and O–H groups in total. The van der Waals surface area contributed by atoms with Crippen molar-refractivity contribution in [3.63, 3.8) is 0 Å². The van der Waals surface area contributed by atoms with Crippen LogP contribution in [0.25, 0.3) is 0 Å². The maximum absolute atomic E-state index is 10.6. The highest BCUT2D eigenvalue weighted by Gasteiger charge is 1.90. The summed E-state index contributed by atoms with van der Waals surface area (Å²) in [5.74, 6) is -0.308. The third-order valence-electron chi connectivity index (χ3n) is 1.41. The van der Waals surface area contributed by atoms with Gasteiger partial charge in [-0.25, -0.2) is 4.79 Å². The fourth-order valence-corrected chi connectivity index (χ4v) is 0.661. The topological polar surface area (TPSA) is 26.3 Å². The lowest BCUT2D eigenvalue weighted by Gasteiger charge is -1.93. The number of hydrogen-bond donors (Lipinski definition) is 0. The van der Waals surface area contributed by atoms with Gasteiger partial charge in [-0.05, 0) is 13.3 Å². The Morgan fingerprint density at radius 3 is 2.45 bits per heavy atom. The molecule has 0 radical (unpaired) electrons. The molecule has 0 heterocycles. The minimum absolute atomic E-state index is 0.308. The lowest BCUT2D eigenvalue weighted by atomic mass is 10.2. The SMILES string of the molecule is C/C=C(\C=C\C(=O)OC)CC. The Labute approximate surface area is 67.6 Å². The number of rotatable bonds is 3. The van der Waals surface area contributed by atoms with E-state index in [-0.39, 0.29) is 5.97 Å². The largest absolute Gasteiger partial charge is 0.466 e. The van der Waals surface area contributed by atoms with E-state index in [1.807, 2.05) is 19.9 Å². The van der Waals surface area contributed by atoms with Crippen LogP contribution in [0.15, 0.2) is 23.8 Å². The number of carbonyl (C=O) groups excluding carboxylic acids is 1. The van der Waals surface area contributed by atoms with Gasteiger partial charge in [-0.15, -0.1) is 0 Å². The molecule has 0 bridgehead atoms. The summed E-state index contributed by atoms with van der Waals surface area (Å²) in [6, 6.07) is 0. The van der Waals surface area contributed by atoms with Gasteiger partial charge in [-0.1, -0.05) is 24.6 Å². The van der Waals surface area contributed by atoms with Gasteiger partial charge in [0.05, 0.1) is 7.11 Å². The van der Waals surface area contributed by atoms with Gasteiger partial charge in [0.2, 0.25) is 0 Å². The molecule has 0 spiro atoms. The van der Waals surface area contributed by atoms with Gasteiger partial charge < -0.3 is 4.74 Å². The van der Waals surface area contributed by atoms with E-state index < -0.39 is 0 Å². The van der Waals surface area contributed by atoms with Gasteiger partial charge in [0.25, 0.3) is 0 Å². The van der Waals surface area contributed by atoms with Crippen LogP contribution in [-0.4, -0.2) is 13.1 Å². The van der Waals surface area contributed by atoms with Gasteiger partial charge >= 0.3 is 5.97 Å². The molecule has 0 saturated carbocycles. The van der Waals surface area contributed by atoms with E-state index >= 15 is 0 Å². The molecule has 0 aromatic heterocycles. The highest BCUT2D eigenvalue weighted by atomic mass is 16.5. The molecule has 2 heteroatoms. The first-order chi connectivity index (χ1) is 5.24. The lowest BCUT2D eigenvalue weighted by Crippen LogP contribution is -1.93. The van der Waals surface area contributed by atoms with Crippen LogP contribution in [0.2, 0.25) is 0 Å². The van der Waals surface area contributed by atoms with E-state index in [2.05, 4.69) is 4.74 Å². The van der Waals surface area contributed by atoms with Crippen molar-refractivity contribution >= 4 is 5.97 Å². The lowest BCUT2D eigenvalue weighted by molar-refractivity contribution is -0.134. The zero-order chi connectivity index (χ0) is 8.69. The molecular weight excluding hydrogens is 140 g/mol. The van der Waals surface area contributed by atoms with Gasteiger partial charge in [0.15, 0.2) is 0 Å². The monoisotopic (exact) mass is 154 g/mol. The predicted octanol–water partition coefficient (Wildman–Crippen LogP) is 2.07. The van der Waals surface area contributed by atoms with E-state index in [9.17, 15) is 4.79 Å². The molecule has 0 aliphatic rings. The Morgan fingerprint density at radius 2 is 2.09 bits per heavy atom. The average molecular weight is 154 g/mol. The van der Waals surface area contributed by atoms with Crippen LogP contribution >= 0.6 is 0 Å². The summed E-state index contributed by atoms with van der Waals surface area (Å²) in [5.41, 5.74) is 1.13. The molecule has 11 heavy (non-hydrogen) atoms. The van der Waals surface area contributed by atoms with Gasteiger partial charge in [0, 0.05) is 6.08 Å². The van der Waals surface area contributed by atoms with Crippen LogP contribution in [0.4, 0.5) is 0 Å². The summed E-state index contributed by atoms with van der Waals surface area (Å²) in [5, 5.41) is 0. The van der Waals surface area contributed by atoms with Crippen LogP contribution in [-0.2, 0) is 9.53 Å². The third kappa shape index (κ3) is 4.37. The highest BCUT2D eigenvalue weighted by molar-refractivity contribution is 5.82. The van der Waals surface area contributed by atoms with Crippen molar-refractivity contribution in [2.24, 2.45) is 0 Å². The highest BCUT2D eigenvalue weighted by Crippen LogP contribution is 2.01. The first-order valence-corrected chi connectivity index (χ1v) is 3.65. The molecule has 0 amide bonds. The minimum atomic E-state index is -0.308. The minimum Gasteiger partial charge on any atom is -0.466 e. The van der Waals surface area contributed by atoms with Crippen molar-refractivity contribution < 1.29 is 9.53 Å². The smallest absolute Gasteiger partial charge is 0.330 e. The summed E-state index contributed by atoms with van der Waals surface area (Å²) in [6.07, 6.45) is 6.11. The van der Waals surface area contributed by atoms with E-state index in [1.54, 1.807) is 6.08 Å². The number of esters is 1. The molecule has 0 aliphatic carbocycles. The fourth-order valence-electron chi connectivity index (χ4n) is 0.661. The molecule has 0 atom stereocenters. The van der Waals surface area contributed by atoms with Crippen LogP contribution in [0.5, 0.6) is 0 Å². The molecule has 62 valence electrons. The Kier molecular flexibility index (Phi) is 5.17. The van der Waals surface area contributed by atoms with E-state index in [0.717, 1.165) is 12.0 Å². The van der Waals surface area contributed by atoms with E-state index in [1.165, 1.54) is 13.2 Å². The standard InChI is InChI=1S/C9H14O2/c1-4-8(5-2)6-7-9(10)11-3/h4,6-7H,5H2,1-3H3/b7-6+,8-4-. The summed E-state index contributed by atoms with van der Waals surface area (Å²) in [7, 11) is 1.37. The van der Waals surface area contributed by atoms with Gasteiger partial charge in [-0.3, -0.25) is 0 Å². The van der Waals surface area contributed by atoms with Crippen LogP contribution in [0, 0.1) is 0 Å². The van der Waals surface area contributed by atoms with Crippen molar-refractivity contribution in [1.29, 1.82) is 0 Å². The second kappa shape index (κ2) is 5.71. The summed E-state index contributed by atoms with van der Waals surface area (Å²) < 4.78 is 4.44. The maximum Gasteiger partial charge on any atom is 0.330 e. The van der Waals surface area contributed by atoms with Crippen LogP contribution in [0.3, 0.4) is 0 Å². The third-order valence-corrected chi connectivity index (χ3v) is 1.41. The van der Waals surface area contributed by atoms with Crippen molar-refractivity contribution in [1.82, 2.24) is 0 Å². The molecule has 0 unspecified atom stereocenters. The molecule has 2 nitrogen and oxygen atoms in total. The second-order valence-corrected chi connectivity index (χ2v) is 2.07. The van der Waals surface area contributed by atoms with Gasteiger partial charge in [-0.2, -0.15) is 0 Å². The van der Waals surface area contributed by atoms with Crippen molar-refractivity contribution in [2.75, 3.05) is 7.11 Å². The van der Waals surface area contributed by atoms with Crippen LogP contribution < -0.4 is 0 Å². The number of methoxy groups -OCH3 is 1. The molecule has 0 rings (SSSR count). The molecule has 0 aliphatic heterocycles. The predicted molar refractivity (Wildman–Crippen MR) is 45.2 cm³/mol. The Bertz CT molecular complexity index is 178. The molecule has 0 saturated heterocycles. The normalized spacial score (nSPS) is 12.1. The summed E-state index contributed by atoms with van der Waals surface area (Å²) >= 11 is 0. The maximum atomic E-state index is 10.6. The van der Waals surface area contributed by atoms with E-state index in [4.69, 9.17) is 0 Å². The Hall–Kier alpha value is -1.05. The Morgan fingerprint density at radius 1 is 1.45 bits per heavy atom. The van der Waals surface area contributed by atoms with E-state index in [0.29, 0.717) is 0 Å². The average Bonchev–Trinajstić information content (AvgIpc) is 2.06. The second-order valence-electron chi connectivity index (χ2n) is 2.07. The van der Waals surface area contributed by atoms with Crippen LogP contribution in [0.1, 0.15) is 20.3 Å². The van der Waals surface area contributed by atoms with Gasteiger partial charge in [0.1, 0.15) is 0 Å². The first-order valence-electron chi connectivity index (χ1n) is 3.65. The quantitative estimate of drug-likeness (QED) is 0.353. The number of carbonyl (C=O) groups is 1. The first kappa shape index (κ1) is 9.95. The molecular formula is C9H14O2. The Balaban J connectivity index is 4.00. The van der Waals surface area contributed by atoms with Crippen molar-refractivity contribution in [2.45, 2.75) is 20.3 Å². The zero-order valence-electron chi connectivity index (χ0n) is 7.26. The molecule has 0 aromatic rings. The number of allylic oxidation sites excluding steroid dienone is 3. The van der Waals surface area contributed by atoms with Crippen molar-refractivity contribution in [3.05, 3.63) is 23.8 Å². The summed E-state index contributed by atoms with van der Waals surface area (Å²) in [4.78, 5) is 10.6. The molecule has 0 aromatic carbocycles. The fraction of sp³-hybridized carbons (Fsp3) is 0.444. The zero-order valence-corrected chi connectivity index (χ0v) is 7.26. The summed E-state index contributed by atoms with van der Waals surface area (Å²) in [6.45, 7) is 3.98. The molecule has 0 fully saturated rings.